The van der Waals surface area contributed by atoms with Crippen LogP contribution in [-0.4, -0.2) is 24.2 Å². The Bertz CT molecular complexity index is 545. The molecule has 0 amide bonds. The fourth-order valence-corrected chi connectivity index (χ4v) is 3.39. The number of para-hydroxylation sites is 1. The zero-order valence-corrected chi connectivity index (χ0v) is 13.5. The molecule has 1 unspecified atom stereocenters. The lowest BCUT2D eigenvalue weighted by Gasteiger charge is -2.52. The quantitative estimate of drug-likeness (QED) is 0.870. The molecule has 2 rings (SSSR count). The second kappa shape index (κ2) is 5.02. The minimum absolute atomic E-state index is 0.247. The molecule has 1 aromatic rings. The molecule has 2 N–H and O–H groups in total. The lowest BCUT2D eigenvalue weighted by atomic mass is 9.59. The number of fused-ring (bicyclic) bond motifs is 1. The Kier molecular flexibility index (Phi) is 3.79. The van der Waals surface area contributed by atoms with Crippen LogP contribution in [0.3, 0.4) is 0 Å². The molecular formula is C17H25NO3. The predicted octanol–water partition coefficient (Wildman–Crippen LogP) is 2.79. The molecule has 0 aromatic heterocycles. The first-order chi connectivity index (χ1) is 9.61. The predicted molar refractivity (Wildman–Crippen MR) is 82.3 cm³/mol. The highest BCUT2D eigenvalue weighted by Crippen LogP contribution is 2.51. The van der Waals surface area contributed by atoms with E-state index in [-0.39, 0.29) is 18.0 Å². The smallest absolute Gasteiger partial charge is 0.306 e. The number of methoxy groups -OCH3 is 1. The number of ether oxygens (including phenoxy) is 2. The fraction of sp³-hybridized carbons (Fsp3) is 0.588. The molecule has 1 aliphatic rings. The maximum absolute atomic E-state index is 12.0. The molecule has 0 aliphatic carbocycles. The monoisotopic (exact) mass is 291 g/mol. The number of carbonyl (C=O) groups excluding carboxylic acids is 1. The molecule has 0 bridgehead atoms. The van der Waals surface area contributed by atoms with E-state index in [1.807, 2.05) is 52.0 Å². The summed E-state index contributed by atoms with van der Waals surface area (Å²) in [6.45, 7) is 7.99. The van der Waals surface area contributed by atoms with Gasteiger partial charge in [-0.2, -0.15) is 0 Å². The normalized spacial score (nSPS) is 23.9. The molecule has 0 saturated heterocycles. The highest BCUT2D eigenvalue weighted by Gasteiger charge is 2.53. The largest absolute Gasteiger partial charge is 0.488 e. The van der Waals surface area contributed by atoms with Crippen LogP contribution in [0.2, 0.25) is 0 Å². The first-order valence-electron chi connectivity index (χ1n) is 7.25. The lowest BCUT2D eigenvalue weighted by molar-refractivity contribution is -0.144. The van der Waals surface area contributed by atoms with Gasteiger partial charge in [-0.15, -0.1) is 0 Å². The van der Waals surface area contributed by atoms with E-state index in [0.717, 1.165) is 11.3 Å². The summed E-state index contributed by atoms with van der Waals surface area (Å²) in [6, 6.07) is 7.83. The van der Waals surface area contributed by atoms with Gasteiger partial charge in [-0.25, -0.2) is 0 Å². The summed E-state index contributed by atoms with van der Waals surface area (Å²) in [7, 11) is 1.41. The van der Waals surface area contributed by atoms with E-state index in [9.17, 15) is 4.79 Å². The first kappa shape index (κ1) is 15.8. The molecule has 0 radical (unpaired) electrons. The van der Waals surface area contributed by atoms with Crippen LogP contribution in [0.1, 0.15) is 46.1 Å². The molecule has 4 heteroatoms. The number of benzene rings is 1. The molecule has 0 fully saturated rings. The third-order valence-electron chi connectivity index (χ3n) is 4.42. The second-order valence-corrected chi connectivity index (χ2v) is 7.09. The van der Waals surface area contributed by atoms with Crippen LogP contribution < -0.4 is 10.5 Å². The van der Waals surface area contributed by atoms with Crippen LogP contribution in [0.4, 0.5) is 0 Å². The Morgan fingerprint density at radius 3 is 2.57 bits per heavy atom. The molecule has 116 valence electrons. The average molecular weight is 291 g/mol. The fourth-order valence-electron chi connectivity index (χ4n) is 3.39. The van der Waals surface area contributed by atoms with E-state index in [2.05, 4.69) is 0 Å². The van der Waals surface area contributed by atoms with Crippen molar-refractivity contribution in [2.45, 2.75) is 57.1 Å². The summed E-state index contributed by atoms with van der Waals surface area (Å²) in [5.74, 6) is 0.553. The number of hydrogen-bond donors (Lipinski definition) is 1. The van der Waals surface area contributed by atoms with Crippen LogP contribution in [-0.2, 0) is 14.9 Å². The van der Waals surface area contributed by atoms with E-state index < -0.39 is 11.0 Å². The van der Waals surface area contributed by atoms with Crippen molar-refractivity contribution in [2.24, 2.45) is 5.73 Å². The van der Waals surface area contributed by atoms with Crippen molar-refractivity contribution in [1.29, 1.82) is 0 Å². The topological polar surface area (TPSA) is 61.5 Å². The van der Waals surface area contributed by atoms with Gasteiger partial charge in [-0.3, -0.25) is 4.79 Å². The van der Waals surface area contributed by atoms with Gasteiger partial charge in [0.05, 0.1) is 13.5 Å². The first-order valence-corrected chi connectivity index (χ1v) is 7.25. The van der Waals surface area contributed by atoms with E-state index >= 15 is 0 Å². The lowest BCUT2D eigenvalue weighted by Crippen LogP contribution is -2.60. The summed E-state index contributed by atoms with van der Waals surface area (Å²) < 4.78 is 11.0. The SMILES string of the molecule is COC(=O)CC1(C(C)(C)N)CC(C)(C)Oc2ccccc21. The number of hydrogen-bond acceptors (Lipinski definition) is 4. The van der Waals surface area contributed by atoms with E-state index in [1.54, 1.807) is 0 Å². The van der Waals surface area contributed by atoms with Gasteiger partial charge in [0.15, 0.2) is 0 Å². The van der Waals surface area contributed by atoms with Crippen molar-refractivity contribution in [3.8, 4) is 5.75 Å². The van der Waals surface area contributed by atoms with Gasteiger partial charge in [-0.05, 0) is 40.2 Å². The van der Waals surface area contributed by atoms with Gasteiger partial charge < -0.3 is 15.2 Å². The van der Waals surface area contributed by atoms with Gasteiger partial charge >= 0.3 is 5.97 Å². The maximum Gasteiger partial charge on any atom is 0.306 e. The van der Waals surface area contributed by atoms with Gasteiger partial charge in [0, 0.05) is 16.5 Å². The average Bonchev–Trinajstić information content (AvgIpc) is 2.35. The van der Waals surface area contributed by atoms with Crippen molar-refractivity contribution in [2.75, 3.05) is 7.11 Å². The van der Waals surface area contributed by atoms with Gasteiger partial charge in [-0.1, -0.05) is 18.2 Å². The summed E-state index contributed by atoms with van der Waals surface area (Å²) in [5, 5.41) is 0. The van der Waals surface area contributed by atoms with Crippen molar-refractivity contribution >= 4 is 5.97 Å². The molecule has 1 aromatic carbocycles. The molecule has 0 spiro atoms. The van der Waals surface area contributed by atoms with Crippen LogP contribution in [0.15, 0.2) is 24.3 Å². The highest BCUT2D eigenvalue weighted by atomic mass is 16.5. The molecule has 4 nitrogen and oxygen atoms in total. The van der Waals surface area contributed by atoms with Gasteiger partial charge in [0.25, 0.3) is 0 Å². The Balaban J connectivity index is 2.65. The zero-order valence-electron chi connectivity index (χ0n) is 13.5. The molecule has 1 aliphatic heterocycles. The number of carbonyl (C=O) groups is 1. The summed E-state index contributed by atoms with van der Waals surface area (Å²) in [6.07, 6.45) is 0.909. The standard InChI is InChI=1S/C17H25NO3/c1-15(2)11-17(16(3,4)18,10-14(19)20-5)12-8-6-7-9-13(12)21-15/h6-9H,10-11,18H2,1-5H3. The van der Waals surface area contributed by atoms with Gasteiger partial charge in [0.1, 0.15) is 11.4 Å². The zero-order chi connectivity index (χ0) is 15.9. The summed E-state index contributed by atoms with van der Waals surface area (Å²) in [5.41, 5.74) is 6.02. The van der Waals surface area contributed by atoms with Crippen molar-refractivity contribution in [3.63, 3.8) is 0 Å². The molecule has 21 heavy (non-hydrogen) atoms. The van der Waals surface area contributed by atoms with E-state index in [1.165, 1.54) is 7.11 Å². The van der Waals surface area contributed by atoms with Crippen LogP contribution in [0, 0.1) is 0 Å². The van der Waals surface area contributed by atoms with Crippen LogP contribution >= 0.6 is 0 Å². The second-order valence-electron chi connectivity index (χ2n) is 7.09. The Hall–Kier alpha value is -1.55. The minimum atomic E-state index is -0.585. The van der Waals surface area contributed by atoms with Crippen molar-refractivity contribution < 1.29 is 14.3 Å². The van der Waals surface area contributed by atoms with Gasteiger partial charge in [0.2, 0.25) is 0 Å². The Morgan fingerprint density at radius 1 is 1.38 bits per heavy atom. The Labute approximate surface area is 126 Å². The number of esters is 1. The van der Waals surface area contributed by atoms with E-state index in [0.29, 0.717) is 6.42 Å². The third-order valence-corrected chi connectivity index (χ3v) is 4.42. The minimum Gasteiger partial charge on any atom is -0.488 e. The molecule has 1 heterocycles. The Morgan fingerprint density at radius 2 is 2.00 bits per heavy atom. The number of rotatable bonds is 3. The van der Waals surface area contributed by atoms with Crippen LogP contribution in [0.5, 0.6) is 5.75 Å². The molecular weight excluding hydrogens is 266 g/mol. The number of nitrogens with two attached hydrogens (primary N) is 1. The third kappa shape index (κ3) is 2.77. The maximum atomic E-state index is 12.0. The van der Waals surface area contributed by atoms with Crippen LogP contribution in [0.25, 0.3) is 0 Å². The molecule has 0 saturated carbocycles. The van der Waals surface area contributed by atoms with E-state index in [4.69, 9.17) is 15.2 Å². The van der Waals surface area contributed by atoms with Crippen molar-refractivity contribution in [1.82, 2.24) is 0 Å². The highest BCUT2D eigenvalue weighted by molar-refractivity contribution is 5.72. The summed E-state index contributed by atoms with van der Waals surface area (Å²) in [4.78, 5) is 12.0. The molecule has 1 atom stereocenters. The summed E-state index contributed by atoms with van der Waals surface area (Å²) >= 11 is 0. The van der Waals surface area contributed by atoms with Crippen molar-refractivity contribution in [3.05, 3.63) is 29.8 Å².